The third-order valence-electron chi connectivity index (χ3n) is 8.10. The standard InChI is InChI=1S/C33H34N4O8/c1-23(7-5-12-30(39)34(15-17-38)21-24-8-3-2-4-9-24)33(42)28-20-27(37(43)44)13-14-29(28)36(31(33)40)22-25-10-6-11-26(19-25)35-16-18-45-32(35)41/h2-11,13-14,19-20,23,38,42H,12,15-18,21-22H2,1H3/b7-5+/t23-,33+/m1/s1. The number of aliphatic hydroxyl groups excluding tert-OH is 1. The van der Waals surface area contributed by atoms with E-state index in [1.165, 1.54) is 32.9 Å². The normalized spacial score (nSPS) is 18.3. The molecule has 3 aromatic carbocycles. The zero-order chi connectivity index (χ0) is 32.1. The molecule has 2 N–H and O–H groups in total. The molecule has 0 radical (unpaired) electrons. The van der Waals surface area contributed by atoms with Gasteiger partial charge in [0.2, 0.25) is 5.91 Å². The molecule has 0 saturated carbocycles. The van der Waals surface area contributed by atoms with Crippen LogP contribution in [-0.2, 0) is 33.0 Å². The number of hydrogen-bond donors (Lipinski definition) is 2. The Morgan fingerprint density at radius 1 is 1.11 bits per heavy atom. The number of anilines is 2. The van der Waals surface area contributed by atoms with Gasteiger partial charge in [-0.25, -0.2) is 4.79 Å². The number of ether oxygens (including phenoxy) is 1. The van der Waals surface area contributed by atoms with E-state index in [1.807, 2.05) is 30.3 Å². The molecule has 0 spiro atoms. The SMILES string of the molecule is C[C@H](/C=C/CC(=O)N(CCO)Cc1ccccc1)[C@@]1(O)C(=O)N(Cc2cccc(N3CCOC3=O)c2)c2ccc([N+](=O)[O-])cc21. The lowest BCUT2D eigenvalue weighted by Crippen LogP contribution is -2.44. The van der Waals surface area contributed by atoms with Gasteiger partial charge < -0.3 is 24.7 Å². The highest BCUT2D eigenvalue weighted by molar-refractivity contribution is 6.07. The smallest absolute Gasteiger partial charge is 0.414 e. The van der Waals surface area contributed by atoms with Gasteiger partial charge in [-0.2, -0.15) is 0 Å². The van der Waals surface area contributed by atoms with Crippen LogP contribution in [0.5, 0.6) is 0 Å². The molecule has 45 heavy (non-hydrogen) atoms. The van der Waals surface area contributed by atoms with Crippen molar-refractivity contribution in [2.75, 3.05) is 36.1 Å². The van der Waals surface area contributed by atoms with Crippen LogP contribution in [0.25, 0.3) is 0 Å². The fraction of sp³-hybridized carbons (Fsp3) is 0.303. The maximum Gasteiger partial charge on any atom is 0.414 e. The molecule has 2 aliphatic heterocycles. The van der Waals surface area contributed by atoms with E-state index >= 15 is 0 Å². The fourth-order valence-electron chi connectivity index (χ4n) is 5.70. The van der Waals surface area contributed by atoms with Crippen LogP contribution < -0.4 is 9.80 Å². The van der Waals surface area contributed by atoms with Gasteiger partial charge in [0, 0.05) is 48.8 Å². The molecule has 1 fully saturated rings. The molecule has 5 rings (SSSR count). The Balaban J connectivity index is 1.38. The zero-order valence-corrected chi connectivity index (χ0v) is 24.7. The Morgan fingerprint density at radius 3 is 2.56 bits per heavy atom. The van der Waals surface area contributed by atoms with E-state index in [4.69, 9.17) is 4.74 Å². The van der Waals surface area contributed by atoms with Gasteiger partial charge in [-0.1, -0.05) is 61.5 Å². The van der Waals surface area contributed by atoms with E-state index in [0.29, 0.717) is 30.0 Å². The molecular formula is C33H34N4O8. The molecule has 234 valence electrons. The summed E-state index contributed by atoms with van der Waals surface area (Å²) in [6, 6.07) is 20.3. The van der Waals surface area contributed by atoms with E-state index in [1.54, 1.807) is 43.3 Å². The second kappa shape index (κ2) is 13.3. The summed E-state index contributed by atoms with van der Waals surface area (Å²) < 4.78 is 5.03. The first-order valence-corrected chi connectivity index (χ1v) is 14.6. The number of nitrogens with zero attached hydrogens (tertiary/aromatic N) is 4. The van der Waals surface area contributed by atoms with Crippen LogP contribution in [0.2, 0.25) is 0 Å². The molecule has 2 heterocycles. The average Bonchev–Trinajstić information content (AvgIpc) is 3.56. The number of amides is 3. The maximum atomic E-state index is 14.0. The van der Waals surface area contributed by atoms with Gasteiger partial charge in [-0.15, -0.1) is 0 Å². The van der Waals surface area contributed by atoms with Gasteiger partial charge in [0.15, 0.2) is 5.60 Å². The number of nitro groups is 1. The summed E-state index contributed by atoms with van der Waals surface area (Å²) in [5, 5.41) is 33.1. The highest BCUT2D eigenvalue weighted by Crippen LogP contribution is 2.47. The fourth-order valence-corrected chi connectivity index (χ4v) is 5.70. The van der Waals surface area contributed by atoms with Crippen molar-refractivity contribution in [3.05, 3.63) is 112 Å². The molecule has 0 aliphatic carbocycles. The number of rotatable bonds is 12. The van der Waals surface area contributed by atoms with Crippen molar-refractivity contribution >= 4 is 35.0 Å². The first-order chi connectivity index (χ1) is 21.6. The zero-order valence-electron chi connectivity index (χ0n) is 24.7. The number of non-ortho nitro benzene ring substituents is 1. The lowest BCUT2D eigenvalue weighted by Gasteiger charge is -2.28. The molecule has 3 amide bonds. The Bertz CT molecular complexity index is 1630. The first-order valence-electron chi connectivity index (χ1n) is 14.6. The molecule has 2 aliphatic rings. The topological polar surface area (TPSA) is 154 Å². The summed E-state index contributed by atoms with van der Waals surface area (Å²) in [6.45, 7) is 2.57. The lowest BCUT2D eigenvalue weighted by atomic mass is 9.82. The lowest BCUT2D eigenvalue weighted by molar-refractivity contribution is -0.385. The van der Waals surface area contributed by atoms with Gasteiger partial charge in [0.1, 0.15) is 6.61 Å². The van der Waals surface area contributed by atoms with Crippen LogP contribution in [-0.4, -0.2) is 64.2 Å². The summed E-state index contributed by atoms with van der Waals surface area (Å²) in [4.78, 5) is 54.5. The minimum Gasteiger partial charge on any atom is -0.447 e. The number of nitro benzene ring substituents is 1. The van der Waals surface area contributed by atoms with E-state index in [0.717, 1.165) is 5.56 Å². The summed E-state index contributed by atoms with van der Waals surface area (Å²) in [6.07, 6.45) is 2.61. The highest BCUT2D eigenvalue weighted by atomic mass is 16.6. The molecule has 0 bridgehead atoms. The molecule has 3 aromatic rings. The van der Waals surface area contributed by atoms with E-state index < -0.39 is 28.4 Å². The molecular weight excluding hydrogens is 580 g/mol. The van der Waals surface area contributed by atoms with Gasteiger partial charge in [0.05, 0.1) is 30.3 Å². The van der Waals surface area contributed by atoms with Gasteiger partial charge in [-0.3, -0.25) is 24.6 Å². The van der Waals surface area contributed by atoms with Crippen molar-refractivity contribution in [3.63, 3.8) is 0 Å². The van der Waals surface area contributed by atoms with E-state index in [2.05, 4.69) is 0 Å². The Labute approximate surface area is 259 Å². The highest BCUT2D eigenvalue weighted by Gasteiger charge is 2.53. The second-order valence-electron chi connectivity index (χ2n) is 11.0. The quantitative estimate of drug-likeness (QED) is 0.177. The first kappa shape index (κ1) is 31.4. The number of hydrogen-bond acceptors (Lipinski definition) is 8. The Kier molecular flexibility index (Phi) is 9.26. The molecule has 0 unspecified atom stereocenters. The number of carbonyl (C=O) groups is 3. The molecule has 12 heteroatoms. The van der Waals surface area contributed by atoms with E-state index in [-0.39, 0.29) is 49.9 Å². The van der Waals surface area contributed by atoms with Gasteiger partial charge in [0.25, 0.3) is 11.6 Å². The molecule has 2 atom stereocenters. The van der Waals surface area contributed by atoms with Crippen molar-refractivity contribution in [2.45, 2.75) is 32.0 Å². The van der Waals surface area contributed by atoms with Crippen LogP contribution in [0.3, 0.4) is 0 Å². The number of benzene rings is 3. The van der Waals surface area contributed by atoms with Crippen molar-refractivity contribution in [2.24, 2.45) is 5.92 Å². The third kappa shape index (κ3) is 6.42. The number of fused-ring (bicyclic) bond motifs is 1. The molecule has 0 aromatic heterocycles. The minimum atomic E-state index is -2.15. The minimum absolute atomic E-state index is 0.0349. The van der Waals surface area contributed by atoms with Gasteiger partial charge in [-0.05, 0) is 29.3 Å². The molecule has 1 saturated heterocycles. The molecule has 12 nitrogen and oxygen atoms in total. The summed E-state index contributed by atoms with van der Waals surface area (Å²) in [5.41, 5.74) is 0.180. The average molecular weight is 615 g/mol. The number of carbonyl (C=O) groups excluding carboxylic acids is 3. The summed E-state index contributed by atoms with van der Waals surface area (Å²) >= 11 is 0. The summed E-state index contributed by atoms with van der Waals surface area (Å²) in [7, 11) is 0. The second-order valence-corrected chi connectivity index (χ2v) is 11.0. The van der Waals surface area contributed by atoms with Crippen LogP contribution in [0.4, 0.5) is 21.9 Å². The van der Waals surface area contributed by atoms with Crippen molar-refractivity contribution < 1.29 is 34.3 Å². The van der Waals surface area contributed by atoms with Crippen LogP contribution in [0.1, 0.15) is 30.0 Å². The largest absolute Gasteiger partial charge is 0.447 e. The third-order valence-corrected chi connectivity index (χ3v) is 8.10. The number of aliphatic hydroxyl groups is 2. The summed E-state index contributed by atoms with van der Waals surface area (Å²) in [5.74, 6) is -1.78. The van der Waals surface area contributed by atoms with Crippen LogP contribution in [0.15, 0.2) is 84.9 Å². The van der Waals surface area contributed by atoms with Crippen LogP contribution >= 0.6 is 0 Å². The monoisotopic (exact) mass is 614 g/mol. The maximum absolute atomic E-state index is 14.0. The van der Waals surface area contributed by atoms with Crippen molar-refractivity contribution in [3.8, 4) is 0 Å². The predicted octanol–water partition coefficient (Wildman–Crippen LogP) is 3.89. The Morgan fingerprint density at radius 2 is 1.87 bits per heavy atom. The van der Waals surface area contributed by atoms with Crippen molar-refractivity contribution in [1.29, 1.82) is 0 Å². The van der Waals surface area contributed by atoms with Crippen molar-refractivity contribution in [1.82, 2.24) is 4.90 Å². The van der Waals surface area contributed by atoms with Crippen LogP contribution in [0, 0.1) is 16.0 Å². The predicted molar refractivity (Wildman–Crippen MR) is 165 cm³/mol. The van der Waals surface area contributed by atoms with Gasteiger partial charge >= 0.3 is 6.09 Å². The van der Waals surface area contributed by atoms with E-state index in [9.17, 15) is 34.7 Å². The Hall–Kier alpha value is -5.07. The number of cyclic esters (lactones) is 1.